The highest BCUT2D eigenvalue weighted by atomic mass is 19.1. The quantitative estimate of drug-likeness (QED) is 0.251. The molecular weight excluding hydrogens is 581 g/mol. The number of aromatic nitrogens is 3. The van der Waals surface area contributed by atoms with Gasteiger partial charge in [0, 0.05) is 39.4 Å². The summed E-state index contributed by atoms with van der Waals surface area (Å²) in [5, 5.41) is 5.91. The molecule has 0 bridgehead atoms. The first-order chi connectivity index (χ1) is 21.9. The van der Waals surface area contributed by atoms with E-state index in [2.05, 4.69) is 37.3 Å². The van der Waals surface area contributed by atoms with Crippen LogP contribution in [0.5, 0.6) is 11.5 Å². The summed E-state index contributed by atoms with van der Waals surface area (Å²) in [6, 6.07) is 4.27. The highest BCUT2D eigenvalue weighted by molar-refractivity contribution is 6.01. The highest BCUT2D eigenvalue weighted by Gasteiger charge is 2.29. The molecule has 3 N–H and O–H groups in total. The third kappa shape index (κ3) is 6.15. The van der Waals surface area contributed by atoms with Gasteiger partial charge in [0.15, 0.2) is 17.3 Å². The number of carbonyl (C=O) groups excluding carboxylic acids is 1. The molecule has 0 aliphatic carbocycles. The van der Waals surface area contributed by atoms with Gasteiger partial charge in [0.25, 0.3) is 11.5 Å². The number of H-pyrrole nitrogens is 1. The van der Waals surface area contributed by atoms with Crippen LogP contribution in [0, 0.1) is 5.82 Å². The lowest BCUT2D eigenvalue weighted by molar-refractivity contribution is 0.0380. The van der Waals surface area contributed by atoms with Gasteiger partial charge in [-0.25, -0.2) is 9.37 Å². The Morgan fingerprint density at radius 3 is 2.53 bits per heavy atom. The summed E-state index contributed by atoms with van der Waals surface area (Å²) in [4.78, 5) is 50.3. The highest BCUT2D eigenvalue weighted by Crippen LogP contribution is 2.45. The average Bonchev–Trinajstić information content (AvgIpc) is 3.56. The number of fused-ring (bicyclic) bond motifs is 3. The largest absolute Gasteiger partial charge is 0.451 e. The van der Waals surface area contributed by atoms with Gasteiger partial charge in [-0.15, -0.1) is 0 Å². The fourth-order valence-corrected chi connectivity index (χ4v) is 6.14. The minimum atomic E-state index is -0.695. The maximum Gasteiger partial charge on any atom is 0.258 e. The van der Waals surface area contributed by atoms with Crippen molar-refractivity contribution in [2.24, 2.45) is 0 Å². The summed E-state index contributed by atoms with van der Waals surface area (Å²) in [5.41, 5.74) is 0.194. The van der Waals surface area contributed by atoms with Gasteiger partial charge >= 0.3 is 0 Å². The normalized spacial score (nSPS) is 16.2. The van der Waals surface area contributed by atoms with Crippen LogP contribution in [0.15, 0.2) is 40.3 Å². The number of nitrogens with one attached hydrogen (secondary N) is 3. The number of morpholine rings is 1. The number of nitrogens with zero attached hydrogens (tertiary/aromatic N) is 4. The van der Waals surface area contributed by atoms with E-state index in [-0.39, 0.29) is 33.7 Å². The third-order valence-corrected chi connectivity index (χ3v) is 8.44. The molecular formula is C32H38FN7O5. The Balaban J connectivity index is 0.000000343. The molecule has 0 atom stereocenters. The molecule has 3 aliphatic heterocycles. The number of carbonyl (C=O) groups is 1. The van der Waals surface area contributed by atoms with Crippen molar-refractivity contribution in [3.8, 4) is 17.2 Å². The van der Waals surface area contributed by atoms with E-state index >= 15 is 4.39 Å². The van der Waals surface area contributed by atoms with Crippen LogP contribution in [-0.4, -0.2) is 96.3 Å². The molecule has 2 fully saturated rings. The van der Waals surface area contributed by atoms with E-state index in [1.54, 1.807) is 17.7 Å². The summed E-state index contributed by atoms with van der Waals surface area (Å²) >= 11 is 0. The molecule has 0 radical (unpaired) electrons. The molecule has 7 rings (SSSR count). The Morgan fingerprint density at radius 2 is 1.80 bits per heavy atom. The second kappa shape index (κ2) is 13.3. The number of hydrogen-bond acceptors (Lipinski definition) is 9. The van der Waals surface area contributed by atoms with Crippen molar-refractivity contribution >= 4 is 33.4 Å². The Morgan fingerprint density at radius 1 is 1.04 bits per heavy atom. The molecule has 0 unspecified atom stereocenters. The number of ether oxygens (including phenoxy) is 2. The molecule has 2 aromatic carbocycles. The summed E-state index contributed by atoms with van der Waals surface area (Å²) in [7, 11) is 1.54. The lowest BCUT2D eigenvalue weighted by Crippen LogP contribution is -2.36. The predicted octanol–water partition coefficient (Wildman–Crippen LogP) is 3.07. The van der Waals surface area contributed by atoms with Gasteiger partial charge in [0.05, 0.1) is 41.5 Å². The van der Waals surface area contributed by atoms with Crippen molar-refractivity contribution in [1.82, 2.24) is 29.7 Å². The number of likely N-dealkylation sites (tertiary alicyclic amines) is 1. The number of aromatic amines is 1. The zero-order valence-corrected chi connectivity index (χ0v) is 25.6. The van der Waals surface area contributed by atoms with E-state index in [9.17, 15) is 14.4 Å². The van der Waals surface area contributed by atoms with E-state index in [0.29, 0.717) is 35.2 Å². The molecule has 2 aromatic heterocycles. The molecule has 5 heterocycles. The van der Waals surface area contributed by atoms with Crippen LogP contribution in [0.2, 0.25) is 0 Å². The number of benzene rings is 2. The van der Waals surface area contributed by atoms with Crippen LogP contribution in [0.25, 0.3) is 27.5 Å². The second-order valence-electron chi connectivity index (χ2n) is 11.4. The Labute approximate surface area is 259 Å². The summed E-state index contributed by atoms with van der Waals surface area (Å²) in [6.45, 7) is 10.7. The predicted molar refractivity (Wildman–Crippen MR) is 171 cm³/mol. The Bertz CT molecular complexity index is 1840. The molecule has 1 amide bonds. The first-order valence-corrected chi connectivity index (χ1v) is 15.5. The molecule has 0 spiro atoms. The number of amides is 1. The molecule has 3 aliphatic rings. The molecule has 238 valence electrons. The molecule has 45 heavy (non-hydrogen) atoms. The van der Waals surface area contributed by atoms with Crippen LogP contribution in [0.1, 0.15) is 36.5 Å². The minimum Gasteiger partial charge on any atom is -0.451 e. The maximum atomic E-state index is 15.0. The van der Waals surface area contributed by atoms with Crippen LogP contribution < -0.4 is 26.4 Å². The number of pyridine rings is 1. The van der Waals surface area contributed by atoms with E-state index in [4.69, 9.17) is 9.47 Å². The standard InChI is InChI=1S/C25H23FN6O4.C7H15NO/c1-27-20-16(26)8-14-21-23(20)36-19-9-13-17(29-12-30-24(13)34)10-18(19)32(21)11-15(22(14)33)25(35)28-4-7-31-5-2-3-6-31;1-2-3-8-4-6-9-7-5-8/h8-12,27H,2-7H2,1H3,(H,28,35)(H,29,30,34);2-7H2,1H3. The van der Waals surface area contributed by atoms with Crippen molar-refractivity contribution in [3.05, 3.63) is 62.7 Å². The number of anilines is 1. The van der Waals surface area contributed by atoms with Crippen molar-refractivity contribution in [1.29, 1.82) is 0 Å². The zero-order valence-electron chi connectivity index (χ0n) is 25.6. The zero-order chi connectivity index (χ0) is 31.5. The van der Waals surface area contributed by atoms with E-state index < -0.39 is 17.2 Å². The third-order valence-electron chi connectivity index (χ3n) is 8.44. The lowest BCUT2D eigenvalue weighted by Gasteiger charge is -2.26. The van der Waals surface area contributed by atoms with Gasteiger partial charge in [-0.05, 0) is 57.1 Å². The van der Waals surface area contributed by atoms with Crippen molar-refractivity contribution < 1.29 is 18.7 Å². The molecule has 12 nitrogen and oxygen atoms in total. The first-order valence-electron chi connectivity index (χ1n) is 15.5. The fourth-order valence-electron chi connectivity index (χ4n) is 6.14. The minimum absolute atomic E-state index is 0.0123. The lowest BCUT2D eigenvalue weighted by atomic mass is 10.1. The molecule has 2 saturated heterocycles. The molecule has 0 saturated carbocycles. The van der Waals surface area contributed by atoms with Gasteiger partial charge < -0.3 is 34.6 Å². The Kier molecular flexibility index (Phi) is 9.10. The van der Waals surface area contributed by atoms with Crippen molar-refractivity contribution in [2.75, 3.05) is 71.4 Å². The first kappa shape index (κ1) is 30.7. The van der Waals surface area contributed by atoms with Gasteiger partial charge in [-0.2, -0.15) is 0 Å². The van der Waals surface area contributed by atoms with Crippen LogP contribution >= 0.6 is 0 Å². The number of hydrogen-bond donors (Lipinski definition) is 3. The van der Waals surface area contributed by atoms with Gasteiger partial charge in [0.2, 0.25) is 5.43 Å². The van der Waals surface area contributed by atoms with E-state index in [1.807, 2.05) is 0 Å². The van der Waals surface area contributed by atoms with Gasteiger partial charge in [0.1, 0.15) is 16.8 Å². The summed E-state index contributed by atoms with van der Waals surface area (Å²) < 4.78 is 27.9. The number of rotatable bonds is 7. The van der Waals surface area contributed by atoms with Crippen molar-refractivity contribution in [3.63, 3.8) is 0 Å². The topological polar surface area (TPSA) is 134 Å². The van der Waals surface area contributed by atoms with Crippen LogP contribution in [0.4, 0.5) is 10.1 Å². The maximum absolute atomic E-state index is 15.0. The second-order valence-corrected chi connectivity index (χ2v) is 11.4. The molecule has 4 aromatic rings. The Hall–Kier alpha value is -4.33. The average molecular weight is 620 g/mol. The van der Waals surface area contributed by atoms with Gasteiger partial charge in [-0.1, -0.05) is 6.92 Å². The van der Waals surface area contributed by atoms with Crippen LogP contribution in [0.3, 0.4) is 0 Å². The van der Waals surface area contributed by atoms with E-state index in [1.165, 1.54) is 31.6 Å². The SMILES string of the molecule is CCCN1CCOCC1.CNc1c(F)cc2c(=O)c(C(=O)NCCN3CCCC3)cn3c2c1Oc1cc2c(=O)[nH]cnc2cc1-3. The van der Waals surface area contributed by atoms with E-state index in [0.717, 1.165) is 58.3 Å². The molecule has 13 heteroatoms. The number of halogens is 1. The fraction of sp³-hybridized carbons (Fsp3) is 0.438. The monoisotopic (exact) mass is 619 g/mol. The summed E-state index contributed by atoms with van der Waals surface area (Å²) in [5.74, 6) is -0.870. The van der Waals surface area contributed by atoms with Crippen LogP contribution in [-0.2, 0) is 4.74 Å². The summed E-state index contributed by atoms with van der Waals surface area (Å²) in [6.07, 6.45) is 6.28. The smallest absolute Gasteiger partial charge is 0.258 e. The van der Waals surface area contributed by atoms with Crippen molar-refractivity contribution in [2.45, 2.75) is 26.2 Å². The van der Waals surface area contributed by atoms with Gasteiger partial charge in [-0.3, -0.25) is 19.3 Å².